The SMILES string of the molecule is Cc1ccc2cc(CNC3CC4CCC3C4)ccc2n1. The largest absolute Gasteiger partial charge is 0.310 e. The first-order chi connectivity index (χ1) is 9.78. The zero-order valence-corrected chi connectivity index (χ0v) is 12.1. The number of aryl methyl sites for hydroxylation is 1. The quantitative estimate of drug-likeness (QED) is 0.913. The van der Waals surface area contributed by atoms with Crippen LogP contribution in [0.5, 0.6) is 0 Å². The molecule has 0 radical (unpaired) electrons. The van der Waals surface area contributed by atoms with Gasteiger partial charge in [-0.05, 0) is 61.8 Å². The number of nitrogens with zero attached hydrogens (tertiary/aromatic N) is 1. The lowest BCUT2D eigenvalue weighted by atomic mass is 9.95. The van der Waals surface area contributed by atoms with Crippen LogP contribution in [-0.2, 0) is 6.54 Å². The smallest absolute Gasteiger partial charge is 0.0705 e. The maximum Gasteiger partial charge on any atom is 0.0705 e. The van der Waals surface area contributed by atoms with Gasteiger partial charge in [0.05, 0.1) is 5.52 Å². The summed E-state index contributed by atoms with van der Waals surface area (Å²) in [6.45, 7) is 3.04. The van der Waals surface area contributed by atoms with Crippen LogP contribution >= 0.6 is 0 Å². The Balaban J connectivity index is 1.47. The van der Waals surface area contributed by atoms with E-state index in [1.165, 1.54) is 36.6 Å². The van der Waals surface area contributed by atoms with E-state index < -0.39 is 0 Å². The van der Waals surface area contributed by atoms with Gasteiger partial charge in [-0.15, -0.1) is 0 Å². The van der Waals surface area contributed by atoms with E-state index in [0.717, 1.165) is 35.6 Å². The highest BCUT2D eigenvalue weighted by Crippen LogP contribution is 2.44. The molecule has 3 atom stereocenters. The van der Waals surface area contributed by atoms with Gasteiger partial charge in [0, 0.05) is 23.7 Å². The number of aromatic nitrogens is 1. The summed E-state index contributed by atoms with van der Waals surface area (Å²) in [5, 5.41) is 5.04. The first kappa shape index (κ1) is 12.3. The van der Waals surface area contributed by atoms with Crippen molar-refractivity contribution < 1.29 is 0 Å². The molecule has 1 aromatic carbocycles. The molecule has 2 aromatic rings. The molecule has 2 bridgehead atoms. The van der Waals surface area contributed by atoms with Gasteiger partial charge in [-0.25, -0.2) is 0 Å². The third kappa shape index (κ3) is 2.22. The van der Waals surface area contributed by atoms with E-state index in [0.29, 0.717) is 0 Å². The molecule has 3 unspecified atom stereocenters. The summed E-state index contributed by atoms with van der Waals surface area (Å²) in [4.78, 5) is 4.57. The zero-order valence-electron chi connectivity index (χ0n) is 12.1. The molecular formula is C18H22N2. The number of rotatable bonds is 3. The molecule has 2 aliphatic rings. The molecule has 4 rings (SSSR count). The fourth-order valence-corrected chi connectivity index (χ4v) is 4.13. The third-order valence-electron chi connectivity index (χ3n) is 5.20. The summed E-state index contributed by atoms with van der Waals surface area (Å²) in [5.41, 5.74) is 3.57. The van der Waals surface area contributed by atoms with Crippen LogP contribution in [0.3, 0.4) is 0 Å². The van der Waals surface area contributed by atoms with Crippen LogP contribution < -0.4 is 5.32 Å². The van der Waals surface area contributed by atoms with Crippen molar-refractivity contribution in [1.82, 2.24) is 10.3 Å². The molecule has 104 valence electrons. The number of fused-ring (bicyclic) bond motifs is 3. The fourth-order valence-electron chi connectivity index (χ4n) is 4.13. The molecule has 2 nitrogen and oxygen atoms in total. The highest BCUT2D eigenvalue weighted by Gasteiger charge is 2.38. The number of pyridine rings is 1. The van der Waals surface area contributed by atoms with E-state index in [1.54, 1.807) is 0 Å². The topological polar surface area (TPSA) is 24.9 Å². The van der Waals surface area contributed by atoms with Crippen molar-refractivity contribution in [2.45, 2.75) is 45.2 Å². The van der Waals surface area contributed by atoms with Gasteiger partial charge in [0.1, 0.15) is 0 Å². The Morgan fingerprint density at radius 1 is 1.15 bits per heavy atom. The van der Waals surface area contributed by atoms with Crippen molar-refractivity contribution in [3.05, 3.63) is 41.6 Å². The van der Waals surface area contributed by atoms with Crippen LogP contribution in [0.2, 0.25) is 0 Å². The van der Waals surface area contributed by atoms with Gasteiger partial charge in [0.2, 0.25) is 0 Å². The van der Waals surface area contributed by atoms with Crippen molar-refractivity contribution in [3.8, 4) is 0 Å². The van der Waals surface area contributed by atoms with Crippen molar-refractivity contribution in [2.24, 2.45) is 11.8 Å². The van der Waals surface area contributed by atoms with E-state index in [9.17, 15) is 0 Å². The minimum absolute atomic E-state index is 0.764. The molecule has 0 saturated heterocycles. The van der Waals surface area contributed by atoms with Crippen molar-refractivity contribution in [1.29, 1.82) is 0 Å². The summed E-state index contributed by atoms with van der Waals surface area (Å²) >= 11 is 0. The maximum absolute atomic E-state index is 4.57. The third-order valence-corrected chi connectivity index (χ3v) is 5.20. The van der Waals surface area contributed by atoms with E-state index in [2.05, 4.69) is 40.6 Å². The minimum Gasteiger partial charge on any atom is -0.310 e. The first-order valence-corrected chi connectivity index (χ1v) is 7.87. The average molecular weight is 266 g/mol. The van der Waals surface area contributed by atoms with Crippen molar-refractivity contribution >= 4 is 10.9 Å². The Hall–Kier alpha value is -1.41. The van der Waals surface area contributed by atoms with Crippen LogP contribution in [0.1, 0.15) is 36.9 Å². The summed E-state index contributed by atoms with van der Waals surface area (Å²) in [5.74, 6) is 1.96. The molecule has 2 aliphatic carbocycles. The molecule has 1 N–H and O–H groups in total. The number of nitrogens with one attached hydrogen (secondary N) is 1. The molecule has 2 fully saturated rings. The van der Waals surface area contributed by atoms with E-state index in [4.69, 9.17) is 0 Å². The molecule has 2 heteroatoms. The van der Waals surface area contributed by atoms with E-state index in [1.807, 2.05) is 6.92 Å². The highest BCUT2D eigenvalue weighted by atomic mass is 14.9. The Labute approximate surface area is 120 Å². The molecule has 20 heavy (non-hydrogen) atoms. The van der Waals surface area contributed by atoms with Crippen LogP contribution in [0.25, 0.3) is 10.9 Å². The molecule has 1 heterocycles. The summed E-state index contributed by atoms with van der Waals surface area (Å²) in [6, 6.07) is 11.7. The van der Waals surface area contributed by atoms with Crippen LogP contribution in [0.4, 0.5) is 0 Å². The zero-order chi connectivity index (χ0) is 13.5. The lowest BCUT2D eigenvalue weighted by Gasteiger charge is -2.23. The fraction of sp³-hybridized carbons (Fsp3) is 0.500. The molecule has 0 amide bonds. The second-order valence-electron chi connectivity index (χ2n) is 6.64. The Kier molecular flexibility index (Phi) is 2.99. The second kappa shape index (κ2) is 4.85. The summed E-state index contributed by atoms with van der Waals surface area (Å²) in [6.07, 6.45) is 5.80. The number of hydrogen-bond donors (Lipinski definition) is 1. The summed E-state index contributed by atoms with van der Waals surface area (Å²) in [7, 11) is 0. The maximum atomic E-state index is 4.57. The molecule has 1 aromatic heterocycles. The molecule has 0 aliphatic heterocycles. The number of benzene rings is 1. The van der Waals surface area contributed by atoms with Crippen LogP contribution in [-0.4, -0.2) is 11.0 Å². The van der Waals surface area contributed by atoms with Gasteiger partial charge in [-0.3, -0.25) is 4.98 Å². The predicted octanol–water partition coefficient (Wildman–Crippen LogP) is 3.82. The lowest BCUT2D eigenvalue weighted by Crippen LogP contribution is -2.33. The van der Waals surface area contributed by atoms with Gasteiger partial charge in [-0.2, -0.15) is 0 Å². The van der Waals surface area contributed by atoms with E-state index >= 15 is 0 Å². The highest BCUT2D eigenvalue weighted by molar-refractivity contribution is 5.79. The Bertz CT molecular complexity index is 634. The van der Waals surface area contributed by atoms with Crippen molar-refractivity contribution in [3.63, 3.8) is 0 Å². The predicted molar refractivity (Wildman–Crippen MR) is 82.6 cm³/mol. The van der Waals surface area contributed by atoms with Crippen LogP contribution in [0, 0.1) is 18.8 Å². The Morgan fingerprint density at radius 2 is 2.10 bits per heavy atom. The minimum atomic E-state index is 0.764. The van der Waals surface area contributed by atoms with Gasteiger partial charge in [0.15, 0.2) is 0 Å². The first-order valence-electron chi connectivity index (χ1n) is 7.87. The van der Waals surface area contributed by atoms with Gasteiger partial charge in [0.25, 0.3) is 0 Å². The van der Waals surface area contributed by atoms with Gasteiger partial charge in [-0.1, -0.05) is 18.6 Å². The molecule has 2 saturated carbocycles. The van der Waals surface area contributed by atoms with Gasteiger partial charge < -0.3 is 5.32 Å². The van der Waals surface area contributed by atoms with E-state index in [-0.39, 0.29) is 0 Å². The molecule has 0 spiro atoms. The Morgan fingerprint density at radius 3 is 2.90 bits per heavy atom. The standard InChI is InChI=1S/C18H22N2/c1-12-2-5-15-9-14(4-7-17(15)20-12)11-19-18-10-13-3-6-16(18)8-13/h2,4-5,7,9,13,16,18-19H,3,6,8,10-11H2,1H3. The monoisotopic (exact) mass is 266 g/mol. The number of hydrogen-bond acceptors (Lipinski definition) is 2. The van der Waals surface area contributed by atoms with Crippen LogP contribution in [0.15, 0.2) is 30.3 Å². The summed E-state index contributed by atoms with van der Waals surface area (Å²) < 4.78 is 0. The lowest BCUT2D eigenvalue weighted by molar-refractivity contribution is 0.351. The van der Waals surface area contributed by atoms with Crippen molar-refractivity contribution in [2.75, 3.05) is 0 Å². The van der Waals surface area contributed by atoms with Gasteiger partial charge >= 0.3 is 0 Å². The normalized spacial score (nSPS) is 28.4. The second-order valence-corrected chi connectivity index (χ2v) is 6.64. The average Bonchev–Trinajstić information content (AvgIpc) is 3.07. The molecular weight excluding hydrogens is 244 g/mol.